The molecule has 0 aromatic carbocycles. The first-order valence-electron chi connectivity index (χ1n) is 5.10. The van der Waals surface area contributed by atoms with Crippen molar-refractivity contribution < 1.29 is 10.0 Å². The fourth-order valence-electron chi connectivity index (χ4n) is 2.53. The van der Waals surface area contributed by atoms with Crippen LogP contribution in [0.2, 0.25) is 0 Å². The highest BCUT2D eigenvalue weighted by Gasteiger charge is 2.45. The van der Waals surface area contributed by atoms with E-state index in [4.69, 9.17) is 0 Å². The van der Waals surface area contributed by atoms with Gasteiger partial charge in [-0.05, 0) is 40.5 Å². The second kappa shape index (κ2) is 4.18. The number of halogens is 1. The van der Waals surface area contributed by atoms with Crippen LogP contribution in [0.4, 0.5) is 4.79 Å². The number of nitrogens with zero attached hydrogens (tertiary/aromatic N) is 1. The quantitative estimate of drug-likeness (QED) is 0.442. The Hall–Kier alpha value is 0.120. The molecule has 2 N–H and O–H groups in total. The summed E-state index contributed by atoms with van der Waals surface area (Å²) < 4.78 is -0.0319. The van der Waals surface area contributed by atoms with E-state index < -0.39 is 0 Å². The number of carbonyl (C=O) groups is 1. The Morgan fingerprint density at radius 3 is 2.07 bits per heavy atom. The van der Waals surface area contributed by atoms with Crippen LogP contribution in [0.3, 0.4) is 0 Å². The topological polar surface area (TPSA) is 52.6 Å². The van der Waals surface area contributed by atoms with Crippen LogP contribution >= 0.6 is 22.6 Å². The summed E-state index contributed by atoms with van der Waals surface area (Å²) in [4.78, 5) is 11.0. The molecule has 1 aliphatic heterocycles. The average Bonchev–Trinajstić information content (AvgIpc) is 1.97. The molecule has 0 saturated carbocycles. The largest absolute Gasteiger partial charge is 0.345 e. The Morgan fingerprint density at radius 1 is 1.33 bits per heavy atom. The van der Waals surface area contributed by atoms with Crippen molar-refractivity contribution in [2.75, 3.05) is 0 Å². The van der Waals surface area contributed by atoms with Gasteiger partial charge in [-0.1, -0.05) is 0 Å². The third-order valence-electron chi connectivity index (χ3n) is 2.96. The molecule has 5 heteroatoms. The minimum absolute atomic E-state index is 0.0319. The van der Waals surface area contributed by atoms with Crippen molar-refractivity contribution in [2.45, 2.75) is 57.7 Å². The normalized spacial score (nSPS) is 26.3. The van der Waals surface area contributed by atoms with Crippen LogP contribution in [0.5, 0.6) is 0 Å². The minimum Gasteiger partial charge on any atom is -0.345 e. The van der Waals surface area contributed by atoms with E-state index in [2.05, 4.69) is 5.32 Å². The van der Waals surface area contributed by atoms with E-state index in [1.54, 1.807) is 22.6 Å². The van der Waals surface area contributed by atoms with Gasteiger partial charge < -0.3 is 10.5 Å². The van der Waals surface area contributed by atoms with Crippen molar-refractivity contribution in [1.82, 2.24) is 10.4 Å². The molecule has 1 heterocycles. The molecule has 88 valence electrons. The standard InChI is InChI=1S/C10H19IN2O2/c1-9(2)5-7(12-8(11)14)6-10(3,4)13(9)15/h7,15H,5-6H2,1-4H3,(H,12,14). The molecule has 0 unspecified atom stereocenters. The maximum Gasteiger partial charge on any atom is 0.280 e. The Morgan fingerprint density at radius 2 is 1.73 bits per heavy atom. The second-order valence-electron chi connectivity index (χ2n) is 5.46. The van der Waals surface area contributed by atoms with E-state index in [1.165, 1.54) is 5.06 Å². The van der Waals surface area contributed by atoms with Crippen LogP contribution in [-0.2, 0) is 0 Å². The molecular weight excluding hydrogens is 307 g/mol. The molecule has 0 aliphatic carbocycles. The van der Waals surface area contributed by atoms with Crippen LogP contribution in [-0.4, -0.2) is 31.3 Å². The molecule has 0 radical (unpaired) electrons. The molecule has 1 saturated heterocycles. The molecule has 0 aromatic heterocycles. The predicted octanol–water partition coefficient (Wildman–Crippen LogP) is 2.54. The molecule has 0 atom stereocenters. The van der Waals surface area contributed by atoms with Gasteiger partial charge >= 0.3 is 0 Å². The monoisotopic (exact) mass is 326 g/mol. The van der Waals surface area contributed by atoms with Gasteiger partial charge in [0.15, 0.2) is 0 Å². The van der Waals surface area contributed by atoms with Crippen molar-refractivity contribution in [3.63, 3.8) is 0 Å². The lowest BCUT2D eigenvalue weighted by molar-refractivity contribution is -0.245. The molecule has 0 spiro atoms. The zero-order valence-electron chi connectivity index (χ0n) is 9.67. The van der Waals surface area contributed by atoms with E-state index in [9.17, 15) is 10.0 Å². The number of rotatable bonds is 1. The van der Waals surface area contributed by atoms with Crippen molar-refractivity contribution in [3.8, 4) is 0 Å². The average molecular weight is 326 g/mol. The van der Waals surface area contributed by atoms with Gasteiger partial charge in [-0.2, -0.15) is 5.06 Å². The van der Waals surface area contributed by atoms with Crippen molar-refractivity contribution >= 4 is 26.5 Å². The second-order valence-corrected chi connectivity index (χ2v) is 6.44. The summed E-state index contributed by atoms with van der Waals surface area (Å²) in [6.07, 6.45) is 1.53. The first kappa shape index (κ1) is 13.2. The molecule has 1 aliphatic rings. The maximum absolute atomic E-state index is 11.0. The molecule has 1 rings (SSSR count). The Labute approximate surface area is 104 Å². The van der Waals surface area contributed by atoms with E-state index in [-0.39, 0.29) is 21.0 Å². The maximum atomic E-state index is 11.0. The highest BCUT2D eigenvalue weighted by atomic mass is 127. The summed E-state index contributed by atoms with van der Waals surface area (Å²) >= 11 is 1.75. The Bertz CT molecular complexity index is 248. The van der Waals surface area contributed by atoms with Crippen molar-refractivity contribution in [2.24, 2.45) is 0 Å². The van der Waals surface area contributed by atoms with E-state index in [0.717, 1.165) is 12.8 Å². The van der Waals surface area contributed by atoms with Gasteiger partial charge in [0.1, 0.15) is 0 Å². The fourth-order valence-corrected chi connectivity index (χ4v) is 2.97. The van der Waals surface area contributed by atoms with E-state index in [1.807, 2.05) is 27.7 Å². The fraction of sp³-hybridized carbons (Fsp3) is 0.900. The highest BCUT2D eigenvalue weighted by Crippen LogP contribution is 2.36. The lowest BCUT2D eigenvalue weighted by Gasteiger charge is -2.51. The SMILES string of the molecule is CC1(C)CC(NC(=O)I)CC(C)(C)N1O. The van der Waals surface area contributed by atoms with Gasteiger partial charge in [0.2, 0.25) is 0 Å². The number of hydroxylamine groups is 2. The van der Waals surface area contributed by atoms with Gasteiger partial charge in [0, 0.05) is 39.7 Å². The van der Waals surface area contributed by atoms with Crippen LogP contribution in [0.15, 0.2) is 0 Å². The minimum atomic E-state index is -0.300. The lowest BCUT2D eigenvalue weighted by atomic mass is 9.79. The molecule has 0 aromatic rings. The number of nitrogens with one attached hydrogen (secondary N) is 1. The predicted molar refractivity (Wildman–Crippen MR) is 67.4 cm³/mol. The van der Waals surface area contributed by atoms with Crippen LogP contribution in [0.25, 0.3) is 0 Å². The summed E-state index contributed by atoms with van der Waals surface area (Å²) in [6.45, 7) is 7.95. The zero-order chi connectivity index (χ0) is 11.9. The number of carbonyl (C=O) groups excluding carboxylic acids is 1. The van der Waals surface area contributed by atoms with Crippen LogP contribution < -0.4 is 5.32 Å². The molecule has 15 heavy (non-hydrogen) atoms. The highest BCUT2D eigenvalue weighted by molar-refractivity contribution is 14.1. The van der Waals surface area contributed by atoms with Gasteiger partial charge in [0.05, 0.1) is 0 Å². The first-order valence-corrected chi connectivity index (χ1v) is 6.18. The number of hydrogen-bond donors (Lipinski definition) is 2. The molecule has 0 bridgehead atoms. The Kier molecular flexibility index (Phi) is 3.67. The summed E-state index contributed by atoms with van der Waals surface area (Å²) in [6, 6.07) is 0.141. The third kappa shape index (κ3) is 3.04. The van der Waals surface area contributed by atoms with Gasteiger partial charge in [-0.15, -0.1) is 0 Å². The number of hydrogen-bond acceptors (Lipinski definition) is 3. The smallest absolute Gasteiger partial charge is 0.280 e. The van der Waals surface area contributed by atoms with Crippen LogP contribution in [0.1, 0.15) is 40.5 Å². The lowest BCUT2D eigenvalue weighted by Crippen LogP contribution is -2.62. The summed E-state index contributed by atoms with van der Waals surface area (Å²) in [5, 5.41) is 14.4. The molecule has 1 amide bonds. The third-order valence-corrected chi connectivity index (χ3v) is 3.27. The number of amides is 1. The van der Waals surface area contributed by atoms with E-state index in [0.29, 0.717) is 0 Å². The molecule has 1 fully saturated rings. The van der Waals surface area contributed by atoms with Crippen LogP contribution in [0, 0.1) is 0 Å². The molecular formula is C10H19IN2O2. The van der Waals surface area contributed by atoms with Gasteiger partial charge in [0.25, 0.3) is 3.91 Å². The van der Waals surface area contributed by atoms with Gasteiger partial charge in [-0.3, -0.25) is 4.79 Å². The van der Waals surface area contributed by atoms with Crippen molar-refractivity contribution in [1.29, 1.82) is 0 Å². The zero-order valence-corrected chi connectivity index (χ0v) is 11.8. The number of piperidine rings is 1. The summed E-state index contributed by atoms with van der Waals surface area (Å²) in [7, 11) is 0. The summed E-state index contributed by atoms with van der Waals surface area (Å²) in [5.74, 6) is 0. The van der Waals surface area contributed by atoms with E-state index >= 15 is 0 Å². The summed E-state index contributed by atoms with van der Waals surface area (Å²) in [5.41, 5.74) is -0.600. The Balaban J connectivity index is 2.79. The first-order chi connectivity index (χ1) is 6.65. The van der Waals surface area contributed by atoms with Gasteiger partial charge in [-0.25, -0.2) is 0 Å². The molecule has 4 nitrogen and oxygen atoms in total. The van der Waals surface area contributed by atoms with Crippen molar-refractivity contribution in [3.05, 3.63) is 0 Å².